The Morgan fingerprint density at radius 2 is 2.11 bits per heavy atom. The van der Waals surface area contributed by atoms with Gasteiger partial charge < -0.3 is 9.84 Å². The number of ether oxygens (including phenoxy) is 1. The summed E-state index contributed by atoms with van der Waals surface area (Å²) in [5, 5.41) is 8.75. The standard InChI is InChI=1S/C10H12ClF2NO4S/c1-6(15)5-14-19(16,17)7-2-3-9(8(11)4-7)18-10(12)13/h2-4,6,10,14-15H,5H2,1H3/t6-/m1/s1. The van der Waals surface area contributed by atoms with Crippen LogP contribution in [0.4, 0.5) is 8.78 Å². The van der Waals surface area contributed by atoms with Crippen molar-refractivity contribution in [3.8, 4) is 5.75 Å². The molecule has 0 fully saturated rings. The summed E-state index contributed by atoms with van der Waals surface area (Å²) in [6, 6.07) is 3.10. The second kappa shape index (κ2) is 6.47. The molecular formula is C10H12ClF2NO4S. The van der Waals surface area contributed by atoms with Gasteiger partial charge in [-0.15, -0.1) is 0 Å². The Balaban J connectivity index is 2.94. The van der Waals surface area contributed by atoms with Gasteiger partial charge in [-0.3, -0.25) is 0 Å². The topological polar surface area (TPSA) is 75.6 Å². The number of hydrogen-bond donors (Lipinski definition) is 2. The van der Waals surface area contributed by atoms with Gasteiger partial charge in [-0.1, -0.05) is 11.6 Å². The molecule has 2 N–H and O–H groups in total. The molecule has 0 bridgehead atoms. The molecule has 9 heteroatoms. The molecule has 0 spiro atoms. The summed E-state index contributed by atoms with van der Waals surface area (Å²) >= 11 is 5.64. The van der Waals surface area contributed by atoms with Crippen LogP contribution in [0.25, 0.3) is 0 Å². The third kappa shape index (κ3) is 4.90. The van der Waals surface area contributed by atoms with Gasteiger partial charge in [0.15, 0.2) is 0 Å². The van der Waals surface area contributed by atoms with Crippen molar-refractivity contribution < 1.29 is 27.0 Å². The smallest absolute Gasteiger partial charge is 0.387 e. The largest absolute Gasteiger partial charge is 0.433 e. The Morgan fingerprint density at radius 3 is 2.58 bits per heavy atom. The molecule has 0 aliphatic heterocycles. The first kappa shape index (κ1) is 16.1. The second-order valence-corrected chi connectivity index (χ2v) is 5.85. The van der Waals surface area contributed by atoms with Crippen LogP contribution < -0.4 is 9.46 Å². The molecule has 5 nitrogen and oxygen atoms in total. The zero-order chi connectivity index (χ0) is 14.6. The summed E-state index contributed by atoms with van der Waals surface area (Å²) in [7, 11) is -3.86. The molecule has 0 radical (unpaired) electrons. The lowest BCUT2D eigenvalue weighted by atomic mass is 10.3. The molecule has 19 heavy (non-hydrogen) atoms. The molecule has 0 unspecified atom stereocenters. The number of halogens is 3. The number of sulfonamides is 1. The van der Waals surface area contributed by atoms with Crippen molar-refractivity contribution in [1.29, 1.82) is 0 Å². The Hall–Kier alpha value is -0.960. The highest BCUT2D eigenvalue weighted by molar-refractivity contribution is 7.89. The number of alkyl halides is 2. The molecule has 0 aliphatic rings. The minimum Gasteiger partial charge on any atom is -0.433 e. The van der Waals surface area contributed by atoms with Gasteiger partial charge in [0.25, 0.3) is 0 Å². The Bertz CT molecular complexity index is 536. The number of aliphatic hydroxyl groups is 1. The van der Waals surface area contributed by atoms with Crippen molar-refractivity contribution in [2.24, 2.45) is 0 Å². The Labute approximate surface area is 114 Å². The van der Waals surface area contributed by atoms with Crippen LogP contribution in [0.1, 0.15) is 6.92 Å². The van der Waals surface area contributed by atoms with Crippen LogP contribution in [-0.4, -0.2) is 32.8 Å². The van der Waals surface area contributed by atoms with Crippen molar-refractivity contribution in [2.45, 2.75) is 24.5 Å². The van der Waals surface area contributed by atoms with Crippen LogP contribution in [0.5, 0.6) is 5.75 Å². The van der Waals surface area contributed by atoms with Gasteiger partial charge in [-0.05, 0) is 25.1 Å². The first-order chi connectivity index (χ1) is 8.72. The monoisotopic (exact) mass is 315 g/mol. The third-order valence-electron chi connectivity index (χ3n) is 2.00. The molecule has 0 amide bonds. The summed E-state index contributed by atoms with van der Waals surface area (Å²) in [6.45, 7) is -1.81. The number of aliphatic hydroxyl groups excluding tert-OH is 1. The van der Waals surface area contributed by atoms with E-state index >= 15 is 0 Å². The highest BCUT2D eigenvalue weighted by atomic mass is 35.5. The SMILES string of the molecule is C[C@@H](O)CNS(=O)(=O)c1ccc(OC(F)F)c(Cl)c1. The van der Waals surface area contributed by atoms with Gasteiger partial charge in [-0.2, -0.15) is 8.78 Å². The van der Waals surface area contributed by atoms with E-state index in [-0.39, 0.29) is 22.2 Å². The average molecular weight is 316 g/mol. The number of benzene rings is 1. The summed E-state index contributed by atoms with van der Waals surface area (Å²) in [4.78, 5) is -0.209. The van der Waals surface area contributed by atoms with Gasteiger partial charge in [0.1, 0.15) is 5.75 Å². The molecule has 0 aromatic heterocycles. The fourth-order valence-electron chi connectivity index (χ4n) is 1.15. The minimum absolute atomic E-state index is 0.171. The third-order valence-corrected chi connectivity index (χ3v) is 3.72. The molecule has 0 saturated heterocycles. The van der Waals surface area contributed by atoms with Crippen LogP contribution in [-0.2, 0) is 10.0 Å². The van der Waals surface area contributed by atoms with Crippen molar-refractivity contribution in [3.05, 3.63) is 23.2 Å². The van der Waals surface area contributed by atoms with E-state index in [1.807, 2.05) is 0 Å². The fraction of sp³-hybridized carbons (Fsp3) is 0.400. The molecule has 0 saturated carbocycles. The fourth-order valence-corrected chi connectivity index (χ4v) is 2.59. The van der Waals surface area contributed by atoms with Crippen molar-refractivity contribution in [2.75, 3.05) is 6.54 Å². The van der Waals surface area contributed by atoms with E-state index in [4.69, 9.17) is 16.7 Å². The van der Waals surface area contributed by atoms with Gasteiger partial charge in [0.2, 0.25) is 10.0 Å². The van der Waals surface area contributed by atoms with E-state index in [1.54, 1.807) is 0 Å². The van der Waals surface area contributed by atoms with Gasteiger partial charge in [-0.25, -0.2) is 13.1 Å². The Kier molecular flexibility index (Phi) is 5.48. The molecule has 1 aromatic rings. The lowest BCUT2D eigenvalue weighted by molar-refractivity contribution is -0.0498. The molecule has 0 aliphatic carbocycles. The van der Waals surface area contributed by atoms with Crippen molar-refractivity contribution in [3.63, 3.8) is 0 Å². The number of rotatable bonds is 6. The maximum Gasteiger partial charge on any atom is 0.387 e. The molecule has 1 atom stereocenters. The quantitative estimate of drug-likeness (QED) is 0.836. The Morgan fingerprint density at radius 1 is 1.47 bits per heavy atom. The van der Waals surface area contributed by atoms with Crippen LogP contribution in [0.2, 0.25) is 5.02 Å². The van der Waals surface area contributed by atoms with E-state index in [2.05, 4.69) is 9.46 Å². The predicted molar refractivity (Wildman–Crippen MR) is 65.0 cm³/mol. The zero-order valence-electron chi connectivity index (χ0n) is 9.81. The summed E-state index contributed by atoms with van der Waals surface area (Å²) in [5.74, 6) is -0.314. The van der Waals surface area contributed by atoms with Gasteiger partial charge >= 0.3 is 6.61 Å². The highest BCUT2D eigenvalue weighted by Gasteiger charge is 2.17. The first-order valence-corrected chi connectivity index (χ1v) is 7.00. The second-order valence-electron chi connectivity index (χ2n) is 3.67. The van der Waals surface area contributed by atoms with Crippen LogP contribution in [0, 0.1) is 0 Å². The molecule has 1 rings (SSSR count). The summed E-state index contributed by atoms with van der Waals surface area (Å²) in [5.41, 5.74) is 0. The maximum absolute atomic E-state index is 12.0. The van der Waals surface area contributed by atoms with Gasteiger partial charge in [0, 0.05) is 6.54 Å². The van der Waals surface area contributed by atoms with E-state index in [9.17, 15) is 17.2 Å². The summed E-state index contributed by atoms with van der Waals surface area (Å²) in [6.07, 6.45) is -0.855. The lowest BCUT2D eigenvalue weighted by Crippen LogP contribution is -2.30. The van der Waals surface area contributed by atoms with Crippen molar-refractivity contribution in [1.82, 2.24) is 4.72 Å². The van der Waals surface area contributed by atoms with Crippen LogP contribution >= 0.6 is 11.6 Å². The number of nitrogens with one attached hydrogen (secondary N) is 1. The predicted octanol–water partition coefficient (Wildman–Crippen LogP) is 1.60. The van der Waals surface area contributed by atoms with Crippen LogP contribution in [0.15, 0.2) is 23.1 Å². The molecular weight excluding hydrogens is 304 g/mol. The molecule has 108 valence electrons. The number of hydrogen-bond acceptors (Lipinski definition) is 4. The highest BCUT2D eigenvalue weighted by Crippen LogP contribution is 2.28. The van der Waals surface area contributed by atoms with E-state index in [0.29, 0.717) is 0 Å². The first-order valence-electron chi connectivity index (χ1n) is 5.14. The maximum atomic E-state index is 12.0. The average Bonchev–Trinajstić information content (AvgIpc) is 2.28. The van der Waals surface area contributed by atoms with Crippen LogP contribution in [0.3, 0.4) is 0 Å². The van der Waals surface area contributed by atoms with E-state index < -0.39 is 22.7 Å². The zero-order valence-corrected chi connectivity index (χ0v) is 11.4. The van der Waals surface area contributed by atoms with Gasteiger partial charge in [0.05, 0.1) is 16.0 Å². The normalized spacial score (nSPS) is 13.6. The van der Waals surface area contributed by atoms with E-state index in [1.165, 1.54) is 6.92 Å². The molecule has 1 aromatic carbocycles. The minimum atomic E-state index is -3.86. The lowest BCUT2D eigenvalue weighted by Gasteiger charge is -2.10. The van der Waals surface area contributed by atoms with Crippen molar-refractivity contribution >= 4 is 21.6 Å². The van der Waals surface area contributed by atoms with E-state index in [0.717, 1.165) is 18.2 Å². The molecule has 0 heterocycles. The summed E-state index contributed by atoms with van der Waals surface area (Å²) < 4.78 is 53.7.